The highest BCUT2D eigenvalue weighted by atomic mass is 19.1. The molecule has 0 saturated heterocycles. The second-order valence-electron chi connectivity index (χ2n) is 15.8. The van der Waals surface area contributed by atoms with E-state index in [2.05, 4.69) is 121 Å². The SMILES string of the molecule is CCCNc1c2c(c(N)c3ccccc13)-c1ccc(-c3ccc4c5c(cccc35)-c3c-4c(-c4ccc(F)cc4)c4ccccc4c3-c3ccc(F)cc3)c3cccc-2c13. The minimum Gasteiger partial charge on any atom is -0.398 e. The van der Waals surface area contributed by atoms with Crippen LogP contribution in [0.25, 0.3) is 121 Å². The molecule has 0 fully saturated rings. The maximum absolute atomic E-state index is 14.5. The van der Waals surface area contributed by atoms with E-state index in [0.717, 1.165) is 118 Å². The van der Waals surface area contributed by atoms with Crippen LogP contribution in [0.4, 0.5) is 20.2 Å². The lowest BCUT2D eigenvalue weighted by Crippen LogP contribution is -2.04. The summed E-state index contributed by atoms with van der Waals surface area (Å²) in [7, 11) is 0. The topological polar surface area (TPSA) is 38.0 Å². The molecule has 0 aliphatic heterocycles. The van der Waals surface area contributed by atoms with E-state index in [4.69, 9.17) is 5.73 Å². The monoisotopic (exact) mass is 762 g/mol. The molecule has 10 aromatic carbocycles. The molecule has 3 N–H and O–H groups in total. The Hall–Kier alpha value is -7.30. The van der Waals surface area contributed by atoms with E-state index in [0.29, 0.717) is 0 Å². The van der Waals surface area contributed by atoms with Gasteiger partial charge in [0.25, 0.3) is 0 Å². The second-order valence-corrected chi connectivity index (χ2v) is 15.8. The van der Waals surface area contributed by atoms with E-state index < -0.39 is 0 Å². The number of hydrogen-bond acceptors (Lipinski definition) is 2. The van der Waals surface area contributed by atoms with Gasteiger partial charge in [0.15, 0.2) is 0 Å². The Bertz CT molecular complexity index is 3340. The molecule has 0 saturated carbocycles. The number of benzene rings is 10. The van der Waals surface area contributed by atoms with Gasteiger partial charge in [0.2, 0.25) is 0 Å². The normalized spacial score (nSPS) is 12.2. The molecule has 0 amide bonds. The van der Waals surface area contributed by atoms with Crippen LogP contribution >= 0.6 is 0 Å². The maximum atomic E-state index is 14.5. The predicted octanol–water partition coefficient (Wildman–Crippen LogP) is 15.3. The van der Waals surface area contributed by atoms with E-state index in [-0.39, 0.29) is 11.6 Å². The van der Waals surface area contributed by atoms with Crippen LogP contribution in [-0.4, -0.2) is 6.54 Å². The first-order valence-corrected chi connectivity index (χ1v) is 20.3. The average molecular weight is 763 g/mol. The molecule has 0 radical (unpaired) electrons. The molecule has 10 aromatic rings. The van der Waals surface area contributed by atoms with Gasteiger partial charge in [0.05, 0.1) is 5.69 Å². The molecule has 12 rings (SSSR count). The summed E-state index contributed by atoms with van der Waals surface area (Å²) in [5.41, 5.74) is 24.5. The third-order valence-corrected chi connectivity index (χ3v) is 12.7. The van der Waals surface area contributed by atoms with Crippen molar-refractivity contribution >= 4 is 54.5 Å². The summed E-state index contributed by atoms with van der Waals surface area (Å²) in [5.74, 6) is -0.545. The highest BCUT2D eigenvalue weighted by Crippen LogP contribution is 2.60. The number of rotatable bonds is 6. The standard InChI is InChI=1S/C55H36F2N2/c1-2-29-59-55-41-12-6-5-11-40(41)54(58)52-45-28-26-35(37-14-8-16-43(49(37)45)53(52)55)34-25-27-44-48-36(34)13-7-15-42(48)50-46(30-17-21-32(56)22-18-30)38-9-3-4-10-39(38)47(51(44)50)31-19-23-33(57)24-20-31/h3-28,59H,2,29,58H2,1H3. The summed E-state index contributed by atoms with van der Waals surface area (Å²) < 4.78 is 28.9. The van der Waals surface area contributed by atoms with E-state index in [9.17, 15) is 8.78 Å². The zero-order chi connectivity index (χ0) is 39.5. The third kappa shape index (κ3) is 4.66. The fourth-order valence-corrected chi connectivity index (χ4v) is 10.4. The van der Waals surface area contributed by atoms with Gasteiger partial charge in [-0.3, -0.25) is 0 Å². The summed E-state index contributed by atoms with van der Waals surface area (Å²) in [6.07, 6.45) is 1.01. The van der Waals surface area contributed by atoms with Crippen LogP contribution in [-0.2, 0) is 0 Å². The largest absolute Gasteiger partial charge is 0.398 e. The molecule has 0 spiro atoms. The fraction of sp³-hybridized carbons (Fsp3) is 0.0545. The van der Waals surface area contributed by atoms with Crippen molar-refractivity contribution in [3.8, 4) is 77.9 Å². The zero-order valence-corrected chi connectivity index (χ0v) is 32.3. The Kier molecular flexibility index (Phi) is 7.22. The minimum absolute atomic E-state index is 0.273. The first-order chi connectivity index (χ1) is 29.0. The van der Waals surface area contributed by atoms with Crippen molar-refractivity contribution in [1.29, 1.82) is 0 Å². The quantitative estimate of drug-likeness (QED) is 0.131. The van der Waals surface area contributed by atoms with Crippen LogP contribution in [0.5, 0.6) is 0 Å². The molecule has 59 heavy (non-hydrogen) atoms. The van der Waals surface area contributed by atoms with Gasteiger partial charge in [-0.25, -0.2) is 8.78 Å². The van der Waals surface area contributed by atoms with Crippen molar-refractivity contribution in [2.45, 2.75) is 13.3 Å². The van der Waals surface area contributed by atoms with Gasteiger partial charge in [0, 0.05) is 34.1 Å². The Morgan fingerprint density at radius 1 is 0.390 bits per heavy atom. The molecule has 2 aliphatic carbocycles. The van der Waals surface area contributed by atoms with Crippen molar-refractivity contribution in [2.24, 2.45) is 0 Å². The van der Waals surface area contributed by atoms with Crippen LogP contribution in [0.15, 0.2) is 158 Å². The van der Waals surface area contributed by atoms with Gasteiger partial charge < -0.3 is 11.1 Å². The van der Waals surface area contributed by atoms with Crippen molar-refractivity contribution in [2.75, 3.05) is 17.6 Å². The lowest BCUT2D eigenvalue weighted by Gasteiger charge is -2.20. The first-order valence-electron chi connectivity index (χ1n) is 20.3. The lowest BCUT2D eigenvalue weighted by atomic mass is 9.82. The Morgan fingerprint density at radius 2 is 0.814 bits per heavy atom. The number of hydrogen-bond donors (Lipinski definition) is 2. The lowest BCUT2D eigenvalue weighted by molar-refractivity contribution is 0.627. The fourth-order valence-electron chi connectivity index (χ4n) is 10.4. The van der Waals surface area contributed by atoms with Gasteiger partial charge in [0.1, 0.15) is 11.6 Å². The molecular weight excluding hydrogens is 727 g/mol. The molecular formula is C55H36F2N2. The van der Waals surface area contributed by atoms with E-state index in [1.807, 2.05) is 24.3 Å². The zero-order valence-electron chi connectivity index (χ0n) is 32.3. The molecule has 280 valence electrons. The average Bonchev–Trinajstić information content (AvgIpc) is 3.79. The van der Waals surface area contributed by atoms with Crippen LogP contribution in [0.2, 0.25) is 0 Å². The van der Waals surface area contributed by atoms with Crippen molar-refractivity contribution in [3.63, 3.8) is 0 Å². The number of nitrogen functional groups attached to an aromatic ring is 1. The van der Waals surface area contributed by atoms with Gasteiger partial charge in [-0.1, -0.05) is 140 Å². The molecule has 2 aliphatic rings. The van der Waals surface area contributed by atoms with Crippen molar-refractivity contribution in [1.82, 2.24) is 0 Å². The molecule has 0 unspecified atom stereocenters. The van der Waals surface area contributed by atoms with E-state index in [1.165, 1.54) is 51.6 Å². The molecule has 0 bridgehead atoms. The maximum Gasteiger partial charge on any atom is 0.123 e. The van der Waals surface area contributed by atoms with Crippen molar-refractivity contribution in [3.05, 3.63) is 169 Å². The van der Waals surface area contributed by atoms with Crippen molar-refractivity contribution < 1.29 is 8.78 Å². The Morgan fingerprint density at radius 3 is 1.34 bits per heavy atom. The van der Waals surface area contributed by atoms with Gasteiger partial charge in [-0.05, 0) is 130 Å². The number of nitrogens with two attached hydrogens (primary N) is 1. The molecule has 0 atom stereocenters. The summed E-state index contributed by atoms with van der Waals surface area (Å²) in [4.78, 5) is 0. The van der Waals surface area contributed by atoms with Crippen LogP contribution in [0.1, 0.15) is 13.3 Å². The smallest absolute Gasteiger partial charge is 0.123 e. The second kappa shape index (κ2) is 12.6. The summed E-state index contributed by atoms with van der Waals surface area (Å²) in [5, 5.41) is 12.9. The van der Waals surface area contributed by atoms with Crippen LogP contribution in [0, 0.1) is 11.6 Å². The number of halogens is 2. The number of anilines is 2. The molecule has 0 aromatic heterocycles. The summed E-state index contributed by atoms with van der Waals surface area (Å²) in [6.45, 7) is 3.06. The highest BCUT2D eigenvalue weighted by molar-refractivity contribution is 6.31. The highest BCUT2D eigenvalue weighted by Gasteiger charge is 2.33. The molecule has 2 nitrogen and oxygen atoms in total. The van der Waals surface area contributed by atoms with Crippen LogP contribution < -0.4 is 11.1 Å². The van der Waals surface area contributed by atoms with Gasteiger partial charge in [-0.2, -0.15) is 0 Å². The Labute approximate surface area is 340 Å². The predicted molar refractivity (Wildman–Crippen MR) is 245 cm³/mol. The summed E-state index contributed by atoms with van der Waals surface area (Å²) >= 11 is 0. The van der Waals surface area contributed by atoms with Gasteiger partial charge >= 0.3 is 0 Å². The first kappa shape index (κ1) is 33.8. The molecule has 0 heterocycles. The number of nitrogens with one attached hydrogen (secondary N) is 1. The van der Waals surface area contributed by atoms with Gasteiger partial charge in [-0.15, -0.1) is 0 Å². The van der Waals surface area contributed by atoms with E-state index in [1.54, 1.807) is 0 Å². The van der Waals surface area contributed by atoms with E-state index >= 15 is 0 Å². The van der Waals surface area contributed by atoms with Crippen LogP contribution in [0.3, 0.4) is 0 Å². The minimum atomic E-state index is -0.273. The molecule has 4 heteroatoms. The summed E-state index contributed by atoms with van der Waals surface area (Å²) in [6, 6.07) is 53.0. The Balaban J connectivity index is 1.15. The third-order valence-electron chi connectivity index (χ3n) is 12.7. The number of fused-ring (bicyclic) bond motifs is 8.